The van der Waals surface area contributed by atoms with Gasteiger partial charge in [-0.2, -0.15) is 0 Å². The summed E-state index contributed by atoms with van der Waals surface area (Å²) < 4.78 is 0.862. The number of pyridine rings is 1. The standard InChI is InChI=1S/C12H11Cl2IN4/c1-5(2)9-8(15)11(16)19-12(18-9)10-7(14)3-6(13)4-17-10/h3-5H,1-2H3,(H2,16,18,19). The summed E-state index contributed by atoms with van der Waals surface area (Å²) in [6.07, 6.45) is 1.51. The molecule has 0 atom stereocenters. The lowest BCUT2D eigenvalue weighted by atomic mass is 10.1. The third-order valence-corrected chi connectivity index (χ3v) is 4.07. The number of anilines is 1. The molecule has 2 rings (SSSR count). The van der Waals surface area contributed by atoms with Crippen LogP contribution in [0, 0.1) is 3.57 Å². The molecule has 19 heavy (non-hydrogen) atoms. The van der Waals surface area contributed by atoms with Gasteiger partial charge >= 0.3 is 0 Å². The molecule has 0 aliphatic rings. The van der Waals surface area contributed by atoms with Gasteiger partial charge in [0.05, 0.1) is 19.3 Å². The summed E-state index contributed by atoms with van der Waals surface area (Å²) in [6.45, 7) is 4.09. The van der Waals surface area contributed by atoms with Crippen molar-refractivity contribution in [3.05, 3.63) is 31.6 Å². The molecule has 0 amide bonds. The van der Waals surface area contributed by atoms with Crippen LogP contribution in [0.5, 0.6) is 0 Å². The molecule has 100 valence electrons. The quantitative estimate of drug-likeness (QED) is 0.758. The van der Waals surface area contributed by atoms with Gasteiger partial charge in [-0.15, -0.1) is 0 Å². The molecule has 0 unspecified atom stereocenters. The second-order valence-corrected chi connectivity index (χ2v) is 6.19. The van der Waals surface area contributed by atoms with Gasteiger partial charge in [0.25, 0.3) is 0 Å². The summed E-state index contributed by atoms with van der Waals surface area (Å²) in [7, 11) is 0. The van der Waals surface area contributed by atoms with Crippen molar-refractivity contribution in [2.75, 3.05) is 5.73 Å². The van der Waals surface area contributed by atoms with E-state index in [0.717, 1.165) is 9.26 Å². The second-order valence-electron chi connectivity index (χ2n) is 4.27. The molecular formula is C12H11Cl2IN4. The number of nitrogens with two attached hydrogens (primary N) is 1. The van der Waals surface area contributed by atoms with E-state index in [2.05, 4.69) is 37.5 Å². The molecule has 0 spiro atoms. The molecule has 2 heterocycles. The van der Waals surface area contributed by atoms with Crippen LogP contribution in [0.2, 0.25) is 10.0 Å². The van der Waals surface area contributed by atoms with Crippen molar-refractivity contribution in [1.82, 2.24) is 15.0 Å². The monoisotopic (exact) mass is 408 g/mol. The molecule has 0 aliphatic heterocycles. The summed E-state index contributed by atoms with van der Waals surface area (Å²) in [5, 5.41) is 0.874. The third-order valence-electron chi connectivity index (χ3n) is 2.47. The minimum atomic E-state index is 0.238. The van der Waals surface area contributed by atoms with E-state index in [4.69, 9.17) is 28.9 Å². The number of hydrogen-bond acceptors (Lipinski definition) is 4. The van der Waals surface area contributed by atoms with Crippen LogP contribution in [0.3, 0.4) is 0 Å². The van der Waals surface area contributed by atoms with E-state index in [1.54, 1.807) is 6.07 Å². The van der Waals surface area contributed by atoms with Gasteiger partial charge in [-0.05, 0) is 34.6 Å². The van der Waals surface area contributed by atoms with Crippen molar-refractivity contribution in [1.29, 1.82) is 0 Å². The first-order valence-electron chi connectivity index (χ1n) is 5.54. The zero-order valence-electron chi connectivity index (χ0n) is 10.3. The number of halogens is 3. The van der Waals surface area contributed by atoms with Crippen LogP contribution in [-0.2, 0) is 0 Å². The highest BCUT2D eigenvalue weighted by Gasteiger charge is 2.16. The van der Waals surface area contributed by atoms with Crippen molar-refractivity contribution in [2.24, 2.45) is 0 Å². The third kappa shape index (κ3) is 3.09. The first kappa shape index (κ1) is 14.7. The summed E-state index contributed by atoms with van der Waals surface area (Å²) in [4.78, 5) is 12.9. The second kappa shape index (κ2) is 5.76. The Labute approximate surface area is 134 Å². The molecule has 0 radical (unpaired) electrons. The molecule has 4 nitrogen and oxygen atoms in total. The van der Waals surface area contributed by atoms with Gasteiger partial charge in [-0.25, -0.2) is 15.0 Å². The van der Waals surface area contributed by atoms with Crippen molar-refractivity contribution >= 4 is 51.6 Å². The fraction of sp³-hybridized carbons (Fsp3) is 0.250. The van der Waals surface area contributed by atoms with Crippen LogP contribution < -0.4 is 5.73 Å². The predicted octanol–water partition coefficient (Wildman–Crippen LogP) is 4.16. The van der Waals surface area contributed by atoms with Gasteiger partial charge in [-0.1, -0.05) is 37.0 Å². The zero-order chi connectivity index (χ0) is 14.2. The van der Waals surface area contributed by atoms with Gasteiger partial charge in [0, 0.05) is 6.20 Å². The van der Waals surface area contributed by atoms with E-state index in [9.17, 15) is 0 Å². The summed E-state index contributed by atoms with van der Waals surface area (Å²) >= 11 is 14.1. The molecule has 0 aliphatic carbocycles. The van der Waals surface area contributed by atoms with E-state index < -0.39 is 0 Å². The van der Waals surface area contributed by atoms with Gasteiger partial charge in [-0.3, -0.25) is 0 Å². The van der Waals surface area contributed by atoms with Crippen molar-refractivity contribution in [3.63, 3.8) is 0 Å². The van der Waals surface area contributed by atoms with Gasteiger partial charge in [0.1, 0.15) is 11.5 Å². The summed E-state index contributed by atoms with van der Waals surface area (Å²) in [5.74, 6) is 1.09. The van der Waals surface area contributed by atoms with Gasteiger partial charge in [0.15, 0.2) is 5.82 Å². The van der Waals surface area contributed by atoms with Crippen molar-refractivity contribution in [2.45, 2.75) is 19.8 Å². The van der Waals surface area contributed by atoms with E-state index in [1.807, 2.05) is 13.8 Å². The summed E-state index contributed by atoms with van der Waals surface area (Å²) in [6, 6.07) is 1.61. The lowest BCUT2D eigenvalue weighted by Gasteiger charge is -2.11. The number of nitrogen functional groups attached to an aromatic ring is 1. The molecule has 0 aromatic carbocycles. The number of nitrogens with zero attached hydrogens (tertiary/aromatic N) is 3. The molecule has 0 fully saturated rings. The van der Waals surface area contributed by atoms with Gasteiger partial charge in [0.2, 0.25) is 0 Å². The molecule has 7 heteroatoms. The minimum absolute atomic E-state index is 0.238. The van der Waals surface area contributed by atoms with Crippen LogP contribution in [0.15, 0.2) is 12.3 Å². The Balaban J connectivity index is 2.63. The normalized spacial score (nSPS) is 11.1. The molecular weight excluding hydrogens is 398 g/mol. The average molecular weight is 409 g/mol. The first-order valence-corrected chi connectivity index (χ1v) is 7.38. The Morgan fingerprint density at radius 2 is 1.95 bits per heavy atom. The molecule has 2 N–H and O–H groups in total. The Morgan fingerprint density at radius 1 is 1.26 bits per heavy atom. The highest BCUT2D eigenvalue weighted by molar-refractivity contribution is 14.1. The Morgan fingerprint density at radius 3 is 2.53 bits per heavy atom. The molecule has 2 aromatic rings. The van der Waals surface area contributed by atoms with Crippen LogP contribution >= 0.6 is 45.8 Å². The molecule has 0 bridgehead atoms. The lowest BCUT2D eigenvalue weighted by Crippen LogP contribution is -2.07. The van der Waals surface area contributed by atoms with Crippen molar-refractivity contribution < 1.29 is 0 Å². The largest absolute Gasteiger partial charge is 0.383 e. The van der Waals surface area contributed by atoms with E-state index in [1.165, 1.54) is 6.20 Å². The molecule has 0 saturated carbocycles. The van der Waals surface area contributed by atoms with Crippen LogP contribution in [0.4, 0.5) is 5.82 Å². The SMILES string of the molecule is CC(C)c1nc(-c2ncc(Cl)cc2Cl)nc(N)c1I. The lowest BCUT2D eigenvalue weighted by molar-refractivity contribution is 0.809. The fourth-order valence-electron chi connectivity index (χ4n) is 1.55. The molecule has 0 saturated heterocycles. The minimum Gasteiger partial charge on any atom is -0.383 e. The van der Waals surface area contributed by atoms with E-state index >= 15 is 0 Å². The fourth-order valence-corrected chi connectivity index (χ4v) is 2.88. The number of hydrogen-bond donors (Lipinski definition) is 1. The number of aromatic nitrogens is 3. The van der Waals surface area contributed by atoms with Crippen LogP contribution in [-0.4, -0.2) is 15.0 Å². The van der Waals surface area contributed by atoms with E-state index in [-0.39, 0.29) is 5.92 Å². The Kier molecular flexibility index (Phi) is 4.47. The van der Waals surface area contributed by atoms with E-state index in [0.29, 0.717) is 27.4 Å². The van der Waals surface area contributed by atoms with Gasteiger partial charge < -0.3 is 5.73 Å². The topological polar surface area (TPSA) is 64.7 Å². The highest BCUT2D eigenvalue weighted by atomic mass is 127. The van der Waals surface area contributed by atoms with Crippen LogP contribution in [0.1, 0.15) is 25.5 Å². The van der Waals surface area contributed by atoms with Crippen LogP contribution in [0.25, 0.3) is 11.5 Å². The average Bonchev–Trinajstić information content (AvgIpc) is 2.32. The zero-order valence-corrected chi connectivity index (χ0v) is 14.0. The smallest absolute Gasteiger partial charge is 0.182 e. The Bertz CT molecular complexity index is 631. The van der Waals surface area contributed by atoms with Crippen molar-refractivity contribution in [3.8, 4) is 11.5 Å². The maximum atomic E-state index is 6.12. The predicted molar refractivity (Wildman–Crippen MR) is 86.5 cm³/mol. The highest BCUT2D eigenvalue weighted by Crippen LogP contribution is 2.30. The maximum Gasteiger partial charge on any atom is 0.182 e. The summed E-state index contributed by atoms with van der Waals surface area (Å²) in [5.41, 5.74) is 7.29. The maximum absolute atomic E-state index is 6.12. The Hall–Kier alpha value is -0.660. The molecule has 2 aromatic heterocycles. The first-order chi connectivity index (χ1) is 8.90. The number of rotatable bonds is 2.